The Labute approximate surface area is 108 Å². The van der Waals surface area contributed by atoms with Gasteiger partial charge in [0.2, 0.25) is 0 Å². The molecule has 3 unspecified atom stereocenters. The Morgan fingerprint density at radius 1 is 1.06 bits per heavy atom. The van der Waals surface area contributed by atoms with Gasteiger partial charge < -0.3 is 9.84 Å². The Morgan fingerprint density at radius 3 is 2.39 bits per heavy atom. The molecule has 3 aliphatic rings. The Hall–Kier alpha value is -1.02. The van der Waals surface area contributed by atoms with Crippen LogP contribution in [0.1, 0.15) is 44.1 Å². The van der Waals surface area contributed by atoms with Crippen LogP contribution in [0.25, 0.3) is 0 Å². The highest BCUT2D eigenvalue weighted by molar-refractivity contribution is 5.33. The number of ether oxygens (including phenoxy) is 1. The topological polar surface area (TPSA) is 29.5 Å². The second-order valence-electron chi connectivity index (χ2n) is 6.35. The van der Waals surface area contributed by atoms with E-state index in [0.29, 0.717) is 12.0 Å². The number of hydrogen-bond donors (Lipinski definition) is 1. The first-order valence-corrected chi connectivity index (χ1v) is 7.23. The van der Waals surface area contributed by atoms with Crippen LogP contribution < -0.4 is 4.74 Å². The van der Waals surface area contributed by atoms with Gasteiger partial charge in [0.1, 0.15) is 5.75 Å². The predicted molar refractivity (Wildman–Crippen MR) is 69.4 cm³/mol. The third kappa shape index (κ3) is 1.66. The quantitative estimate of drug-likeness (QED) is 0.884. The summed E-state index contributed by atoms with van der Waals surface area (Å²) in [6.07, 6.45) is 7.51. The number of rotatable bonds is 3. The fourth-order valence-corrected chi connectivity index (χ4v) is 3.85. The van der Waals surface area contributed by atoms with Gasteiger partial charge in [0.25, 0.3) is 0 Å². The normalized spacial score (nSPS) is 38.1. The Kier molecular flexibility index (Phi) is 2.25. The van der Waals surface area contributed by atoms with Gasteiger partial charge in [-0.25, -0.2) is 0 Å². The predicted octanol–water partition coefficient (Wildman–Crippen LogP) is 3.24. The Bertz CT molecular complexity index is 449. The third-order valence-corrected chi connectivity index (χ3v) is 5.00. The van der Waals surface area contributed by atoms with E-state index in [1.54, 1.807) is 0 Å². The minimum Gasteiger partial charge on any atom is -0.490 e. The van der Waals surface area contributed by atoms with E-state index in [0.717, 1.165) is 23.7 Å². The summed E-state index contributed by atoms with van der Waals surface area (Å²) in [6.45, 7) is 0. The molecule has 0 amide bonds. The van der Waals surface area contributed by atoms with E-state index in [2.05, 4.69) is 12.1 Å². The summed E-state index contributed by atoms with van der Waals surface area (Å²) < 4.78 is 5.76. The maximum Gasteiger partial charge on any atom is 0.119 e. The maximum absolute atomic E-state index is 10.9. The molecule has 2 nitrogen and oxygen atoms in total. The van der Waals surface area contributed by atoms with Crippen LogP contribution in [0.2, 0.25) is 0 Å². The van der Waals surface area contributed by atoms with Gasteiger partial charge in [-0.05, 0) is 68.1 Å². The molecule has 0 heterocycles. The average molecular weight is 244 g/mol. The van der Waals surface area contributed by atoms with Gasteiger partial charge in [0, 0.05) is 0 Å². The molecule has 1 aromatic carbocycles. The molecule has 0 aliphatic heterocycles. The lowest BCUT2D eigenvalue weighted by Gasteiger charge is -2.33. The molecular weight excluding hydrogens is 224 g/mol. The van der Waals surface area contributed by atoms with E-state index in [1.165, 1.54) is 32.1 Å². The highest BCUT2D eigenvalue weighted by Crippen LogP contribution is 2.55. The van der Waals surface area contributed by atoms with Crippen LogP contribution in [-0.4, -0.2) is 11.2 Å². The van der Waals surface area contributed by atoms with E-state index in [-0.39, 0.29) is 0 Å². The van der Waals surface area contributed by atoms with Crippen molar-refractivity contribution in [3.63, 3.8) is 0 Å². The summed E-state index contributed by atoms with van der Waals surface area (Å²) in [4.78, 5) is 0. The number of fused-ring (bicyclic) bond motifs is 2. The van der Waals surface area contributed by atoms with Crippen LogP contribution in [0, 0.1) is 11.8 Å². The van der Waals surface area contributed by atoms with Crippen molar-refractivity contribution in [1.29, 1.82) is 0 Å². The first-order valence-electron chi connectivity index (χ1n) is 7.23. The van der Waals surface area contributed by atoms with Crippen molar-refractivity contribution < 1.29 is 9.84 Å². The molecule has 2 bridgehead atoms. The minimum atomic E-state index is -0.555. The molecule has 3 saturated carbocycles. The average Bonchev–Trinajstić information content (AvgIpc) is 2.97. The van der Waals surface area contributed by atoms with Crippen molar-refractivity contribution in [1.82, 2.24) is 0 Å². The molecule has 0 saturated heterocycles. The molecular formula is C16H20O2. The van der Waals surface area contributed by atoms with Crippen LogP contribution in [-0.2, 0) is 5.60 Å². The van der Waals surface area contributed by atoms with Gasteiger partial charge in [0.05, 0.1) is 11.7 Å². The summed E-state index contributed by atoms with van der Waals surface area (Å²) in [6, 6.07) is 8.19. The molecule has 0 aromatic heterocycles. The van der Waals surface area contributed by atoms with Gasteiger partial charge in [-0.2, -0.15) is 0 Å². The lowest BCUT2D eigenvalue weighted by molar-refractivity contribution is -0.0182. The first kappa shape index (κ1) is 10.9. The van der Waals surface area contributed by atoms with E-state index < -0.39 is 5.60 Å². The monoisotopic (exact) mass is 244 g/mol. The van der Waals surface area contributed by atoms with Gasteiger partial charge >= 0.3 is 0 Å². The molecule has 4 rings (SSSR count). The minimum absolute atomic E-state index is 0.446. The van der Waals surface area contributed by atoms with Gasteiger partial charge in [-0.3, -0.25) is 0 Å². The molecule has 96 valence electrons. The van der Waals surface area contributed by atoms with Crippen LogP contribution in [0.5, 0.6) is 5.75 Å². The molecule has 18 heavy (non-hydrogen) atoms. The fraction of sp³-hybridized carbons (Fsp3) is 0.625. The van der Waals surface area contributed by atoms with E-state index in [4.69, 9.17) is 4.74 Å². The third-order valence-electron chi connectivity index (χ3n) is 5.00. The molecule has 1 N–H and O–H groups in total. The number of benzene rings is 1. The lowest BCUT2D eigenvalue weighted by Crippen LogP contribution is -2.32. The van der Waals surface area contributed by atoms with Crippen molar-refractivity contribution >= 4 is 0 Å². The van der Waals surface area contributed by atoms with Crippen molar-refractivity contribution in [3.8, 4) is 5.75 Å². The van der Waals surface area contributed by atoms with Crippen molar-refractivity contribution in [2.75, 3.05) is 0 Å². The van der Waals surface area contributed by atoms with Crippen LogP contribution in [0.15, 0.2) is 24.3 Å². The second kappa shape index (κ2) is 3.74. The van der Waals surface area contributed by atoms with E-state index >= 15 is 0 Å². The van der Waals surface area contributed by atoms with Crippen molar-refractivity contribution in [2.45, 2.75) is 50.2 Å². The number of aliphatic hydroxyl groups is 1. The second-order valence-corrected chi connectivity index (χ2v) is 6.35. The SMILES string of the molecule is OC1(c2ccc(OC3CC3)cc2)CC2CCC1C2. The fourth-order valence-electron chi connectivity index (χ4n) is 3.85. The van der Waals surface area contributed by atoms with Gasteiger partial charge in [-0.1, -0.05) is 12.1 Å². The molecule has 0 radical (unpaired) electrons. The van der Waals surface area contributed by atoms with Crippen molar-refractivity contribution in [3.05, 3.63) is 29.8 Å². The summed E-state index contributed by atoms with van der Waals surface area (Å²) >= 11 is 0. The van der Waals surface area contributed by atoms with Gasteiger partial charge in [0.15, 0.2) is 0 Å². The highest BCUT2D eigenvalue weighted by atomic mass is 16.5. The molecule has 0 spiro atoms. The summed E-state index contributed by atoms with van der Waals surface area (Å²) in [5, 5.41) is 10.9. The maximum atomic E-state index is 10.9. The molecule has 2 heteroatoms. The lowest BCUT2D eigenvalue weighted by atomic mass is 9.79. The van der Waals surface area contributed by atoms with Gasteiger partial charge in [-0.15, -0.1) is 0 Å². The van der Waals surface area contributed by atoms with Crippen molar-refractivity contribution in [2.24, 2.45) is 11.8 Å². The smallest absolute Gasteiger partial charge is 0.119 e. The highest BCUT2D eigenvalue weighted by Gasteiger charge is 2.50. The Morgan fingerprint density at radius 2 is 1.83 bits per heavy atom. The van der Waals surface area contributed by atoms with E-state index in [1.807, 2.05) is 12.1 Å². The standard InChI is InChI=1S/C16H20O2/c17-16(10-11-1-2-13(16)9-11)12-3-5-14(6-4-12)18-15-7-8-15/h3-6,11,13,15,17H,1-2,7-10H2. The molecule has 3 fully saturated rings. The molecule has 3 aliphatic carbocycles. The Balaban J connectivity index is 1.56. The summed E-state index contributed by atoms with van der Waals surface area (Å²) in [5.41, 5.74) is 0.541. The van der Waals surface area contributed by atoms with E-state index in [9.17, 15) is 5.11 Å². The largest absolute Gasteiger partial charge is 0.490 e. The van der Waals surface area contributed by atoms with Crippen LogP contribution in [0.3, 0.4) is 0 Å². The zero-order valence-electron chi connectivity index (χ0n) is 10.6. The summed E-state index contributed by atoms with van der Waals surface area (Å²) in [7, 11) is 0. The van der Waals surface area contributed by atoms with Crippen LogP contribution >= 0.6 is 0 Å². The first-order chi connectivity index (χ1) is 8.74. The molecule has 1 aromatic rings. The summed E-state index contributed by atoms with van der Waals surface area (Å²) in [5.74, 6) is 2.19. The zero-order chi connectivity index (χ0) is 12.2. The zero-order valence-corrected chi connectivity index (χ0v) is 10.6. The number of hydrogen-bond acceptors (Lipinski definition) is 2. The molecule has 3 atom stereocenters. The van der Waals surface area contributed by atoms with Crippen LogP contribution in [0.4, 0.5) is 0 Å².